The highest BCUT2D eigenvalue weighted by molar-refractivity contribution is 7.92. The Morgan fingerprint density at radius 3 is 2.41 bits per heavy atom. The average molecular weight is 413 g/mol. The second-order valence-corrected chi connectivity index (χ2v) is 8.86. The molecule has 0 bridgehead atoms. The molecule has 0 saturated heterocycles. The number of hydrogen-bond donors (Lipinski definition) is 1. The van der Waals surface area contributed by atoms with Gasteiger partial charge in [-0.2, -0.15) is 0 Å². The molecule has 1 amide bonds. The first-order valence-corrected chi connectivity index (χ1v) is 11.0. The Morgan fingerprint density at radius 1 is 1.10 bits per heavy atom. The van der Waals surface area contributed by atoms with Crippen molar-refractivity contribution < 1.29 is 13.2 Å². The van der Waals surface area contributed by atoms with Gasteiger partial charge in [-0.05, 0) is 54.8 Å². The molecule has 0 spiro atoms. The molecule has 3 aromatic rings. The first kappa shape index (κ1) is 20.6. The molecule has 0 saturated carbocycles. The highest BCUT2D eigenvalue weighted by Gasteiger charge is 2.21. The van der Waals surface area contributed by atoms with Crippen molar-refractivity contribution in [2.24, 2.45) is 0 Å². The van der Waals surface area contributed by atoms with Crippen LogP contribution in [0.4, 0.5) is 5.69 Å². The minimum atomic E-state index is -3.59. The van der Waals surface area contributed by atoms with Gasteiger partial charge < -0.3 is 9.88 Å². The van der Waals surface area contributed by atoms with Crippen LogP contribution in [-0.2, 0) is 21.4 Å². The van der Waals surface area contributed by atoms with E-state index < -0.39 is 10.0 Å². The molecule has 1 heterocycles. The third kappa shape index (κ3) is 5.23. The fourth-order valence-corrected chi connectivity index (χ4v) is 3.71. The summed E-state index contributed by atoms with van der Waals surface area (Å²) in [4.78, 5) is 16.4. The number of carbonyl (C=O) groups is 1. The molecular weight excluding hydrogens is 388 g/mol. The maximum atomic E-state index is 12.4. The van der Waals surface area contributed by atoms with Gasteiger partial charge in [-0.15, -0.1) is 0 Å². The molecule has 0 aliphatic carbocycles. The van der Waals surface area contributed by atoms with Crippen LogP contribution in [0.3, 0.4) is 0 Å². The predicted molar refractivity (Wildman–Crippen MR) is 114 cm³/mol. The van der Waals surface area contributed by atoms with E-state index in [1.165, 1.54) is 0 Å². The molecule has 1 aromatic heterocycles. The Bertz CT molecular complexity index is 1090. The van der Waals surface area contributed by atoms with Crippen LogP contribution < -0.4 is 9.62 Å². The number of sulfonamides is 1. The van der Waals surface area contributed by atoms with Crippen molar-refractivity contribution in [3.05, 3.63) is 77.9 Å². The Labute approximate surface area is 171 Å². The van der Waals surface area contributed by atoms with Crippen LogP contribution in [-0.4, -0.2) is 36.7 Å². The minimum absolute atomic E-state index is 0.269. The summed E-state index contributed by atoms with van der Waals surface area (Å²) in [6.45, 7) is 3.91. The maximum absolute atomic E-state index is 12.4. The molecule has 3 rings (SSSR count). The summed E-state index contributed by atoms with van der Waals surface area (Å²) in [5.74, 6) is -0.368. The summed E-state index contributed by atoms with van der Waals surface area (Å²) < 4.78 is 27.5. The smallest absolute Gasteiger partial charge is 0.241 e. The first-order chi connectivity index (χ1) is 13.7. The van der Waals surface area contributed by atoms with E-state index in [2.05, 4.69) is 10.3 Å². The molecule has 0 fully saturated rings. The zero-order valence-corrected chi connectivity index (χ0v) is 17.5. The number of aromatic nitrogens is 2. The van der Waals surface area contributed by atoms with E-state index in [-0.39, 0.29) is 12.5 Å². The summed E-state index contributed by atoms with van der Waals surface area (Å²) >= 11 is 0. The number of benzene rings is 2. The van der Waals surface area contributed by atoms with Crippen molar-refractivity contribution in [1.82, 2.24) is 14.9 Å². The van der Waals surface area contributed by atoms with E-state index in [0.29, 0.717) is 12.2 Å². The number of imidazole rings is 1. The summed E-state index contributed by atoms with van der Waals surface area (Å²) in [7, 11) is -3.59. The number of rotatable bonds is 7. The lowest BCUT2D eigenvalue weighted by Gasteiger charge is -2.22. The number of amides is 1. The second kappa shape index (κ2) is 8.48. The molecule has 1 N–H and O–H groups in total. The van der Waals surface area contributed by atoms with E-state index in [1.54, 1.807) is 24.7 Å². The molecule has 152 valence electrons. The summed E-state index contributed by atoms with van der Waals surface area (Å²) in [5, 5.41) is 2.79. The molecule has 0 unspecified atom stereocenters. The molecule has 0 radical (unpaired) electrons. The number of nitrogens with one attached hydrogen (secondary N) is 1. The van der Waals surface area contributed by atoms with E-state index in [1.807, 2.05) is 54.9 Å². The number of nitrogens with zero attached hydrogens (tertiary/aromatic N) is 3. The number of carbonyl (C=O) groups excluding carboxylic acids is 1. The standard InChI is InChI=1S/C21H24N4O3S/c1-16-4-7-20(12-17(16)2)25(29(3,27)28)14-21(26)23-13-18-5-8-19(9-6-18)24-11-10-22-15-24/h4-12,15H,13-14H2,1-3H3,(H,23,26). The van der Waals surface area contributed by atoms with Gasteiger partial charge in [0.1, 0.15) is 6.54 Å². The summed E-state index contributed by atoms with van der Waals surface area (Å²) in [6, 6.07) is 13.0. The third-order valence-corrected chi connectivity index (χ3v) is 5.84. The highest BCUT2D eigenvalue weighted by Crippen LogP contribution is 2.21. The van der Waals surface area contributed by atoms with Crippen LogP contribution in [0.15, 0.2) is 61.2 Å². The van der Waals surface area contributed by atoms with Crippen molar-refractivity contribution in [1.29, 1.82) is 0 Å². The van der Waals surface area contributed by atoms with E-state index in [4.69, 9.17) is 0 Å². The van der Waals surface area contributed by atoms with Gasteiger partial charge in [-0.1, -0.05) is 18.2 Å². The van der Waals surface area contributed by atoms with Crippen LogP contribution in [0.25, 0.3) is 5.69 Å². The molecule has 2 aromatic carbocycles. The van der Waals surface area contributed by atoms with Crippen molar-refractivity contribution in [3.8, 4) is 5.69 Å². The Balaban J connectivity index is 1.65. The van der Waals surface area contributed by atoms with Gasteiger partial charge in [0.2, 0.25) is 15.9 Å². The van der Waals surface area contributed by atoms with Gasteiger partial charge in [0.15, 0.2) is 0 Å². The van der Waals surface area contributed by atoms with Crippen LogP contribution in [0.5, 0.6) is 0 Å². The normalized spacial score (nSPS) is 11.3. The largest absolute Gasteiger partial charge is 0.350 e. The van der Waals surface area contributed by atoms with Crippen molar-refractivity contribution in [2.75, 3.05) is 17.1 Å². The van der Waals surface area contributed by atoms with Crippen LogP contribution in [0.2, 0.25) is 0 Å². The van der Waals surface area contributed by atoms with E-state index in [0.717, 1.165) is 32.9 Å². The Hall–Kier alpha value is -3.13. The van der Waals surface area contributed by atoms with Gasteiger partial charge in [0.25, 0.3) is 0 Å². The number of hydrogen-bond acceptors (Lipinski definition) is 4. The zero-order valence-electron chi connectivity index (χ0n) is 16.7. The van der Waals surface area contributed by atoms with Crippen molar-refractivity contribution in [2.45, 2.75) is 20.4 Å². The van der Waals surface area contributed by atoms with Crippen LogP contribution in [0, 0.1) is 13.8 Å². The number of aryl methyl sites for hydroxylation is 2. The average Bonchev–Trinajstić information content (AvgIpc) is 3.21. The Kier molecular flexibility index (Phi) is 6.03. The van der Waals surface area contributed by atoms with Gasteiger partial charge in [0.05, 0.1) is 18.3 Å². The molecule has 0 atom stereocenters. The van der Waals surface area contributed by atoms with E-state index >= 15 is 0 Å². The summed E-state index contributed by atoms with van der Waals surface area (Å²) in [6.07, 6.45) is 6.37. The third-order valence-electron chi connectivity index (χ3n) is 4.69. The quantitative estimate of drug-likeness (QED) is 0.646. The fourth-order valence-electron chi connectivity index (χ4n) is 2.87. The first-order valence-electron chi connectivity index (χ1n) is 9.13. The molecule has 7 nitrogen and oxygen atoms in total. The van der Waals surface area contributed by atoms with Gasteiger partial charge in [0, 0.05) is 24.6 Å². The van der Waals surface area contributed by atoms with E-state index in [9.17, 15) is 13.2 Å². The minimum Gasteiger partial charge on any atom is -0.350 e. The second-order valence-electron chi connectivity index (χ2n) is 6.95. The lowest BCUT2D eigenvalue weighted by atomic mass is 10.1. The molecule has 29 heavy (non-hydrogen) atoms. The van der Waals surface area contributed by atoms with Crippen LogP contribution >= 0.6 is 0 Å². The zero-order chi connectivity index (χ0) is 21.0. The monoisotopic (exact) mass is 412 g/mol. The molecule has 0 aliphatic rings. The highest BCUT2D eigenvalue weighted by atomic mass is 32.2. The van der Waals surface area contributed by atoms with Crippen molar-refractivity contribution >= 4 is 21.6 Å². The van der Waals surface area contributed by atoms with Crippen molar-refractivity contribution in [3.63, 3.8) is 0 Å². The number of anilines is 1. The molecular formula is C21H24N4O3S. The van der Waals surface area contributed by atoms with Gasteiger partial charge in [-0.25, -0.2) is 13.4 Å². The Morgan fingerprint density at radius 2 is 1.83 bits per heavy atom. The summed E-state index contributed by atoms with van der Waals surface area (Å²) in [5.41, 5.74) is 4.39. The van der Waals surface area contributed by atoms with Gasteiger partial charge >= 0.3 is 0 Å². The topological polar surface area (TPSA) is 84.3 Å². The fraction of sp³-hybridized carbons (Fsp3) is 0.238. The maximum Gasteiger partial charge on any atom is 0.241 e. The molecule has 0 aliphatic heterocycles. The molecule has 8 heteroatoms. The van der Waals surface area contributed by atoms with Gasteiger partial charge in [-0.3, -0.25) is 9.10 Å². The lowest BCUT2D eigenvalue weighted by molar-refractivity contribution is -0.119. The SMILES string of the molecule is Cc1ccc(N(CC(=O)NCc2ccc(-n3ccnc3)cc2)S(C)(=O)=O)cc1C. The predicted octanol–water partition coefficient (Wildman–Crippen LogP) is 2.57. The van der Waals surface area contributed by atoms with Crippen LogP contribution in [0.1, 0.15) is 16.7 Å². The lowest BCUT2D eigenvalue weighted by Crippen LogP contribution is -2.40.